The van der Waals surface area contributed by atoms with Crippen molar-refractivity contribution in [1.29, 1.82) is 0 Å². The number of carbonyl (C=O) groups is 2. The smallest absolute Gasteiger partial charge is 0.254 e. The average Bonchev–Trinajstić information content (AvgIpc) is 2.91. The van der Waals surface area contributed by atoms with Crippen molar-refractivity contribution in [3.63, 3.8) is 0 Å². The number of benzene rings is 2. The highest BCUT2D eigenvalue weighted by Gasteiger charge is 2.26. The zero-order valence-electron chi connectivity index (χ0n) is 21.7. The molecule has 2 heterocycles. The number of halogens is 1. The van der Waals surface area contributed by atoms with Gasteiger partial charge in [-0.2, -0.15) is 0 Å². The van der Waals surface area contributed by atoms with Crippen LogP contribution >= 0.6 is 11.6 Å². The molecule has 4 rings (SSSR count). The lowest BCUT2D eigenvalue weighted by Crippen LogP contribution is -2.52. The van der Waals surface area contributed by atoms with E-state index in [-0.39, 0.29) is 18.4 Å². The molecular formula is C29H34ClN5O2. The summed E-state index contributed by atoms with van der Waals surface area (Å²) in [6.07, 6.45) is 0.849. The van der Waals surface area contributed by atoms with E-state index in [1.165, 1.54) is 0 Å². The molecule has 2 aromatic carbocycles. The Kier molecular flexibility index (Phi) is 8.77. The molecule has 1 aliphatic heterocycles. The fourth-order valence-corrected chi connectivity index (χ4v) is 4.64. The number of rotatable bonds is 8. The molecule has 1 fully saturated rings. The van der Waals surface area contributed by atoms with E-state index in [4.69, 9.17) is 11.6 Å². The first-order valence-corrected chi connectivity index (χ1v) is 13.2. The predicted octanol–water partition coefficient (Wildman–Crippen LogP) is 4.94. The summed E-state index contributed by atoms with van der Waals surface area (Å²) >= 11 is 6.29. The second-order valence-corrected chi connectivity index (χ2v) is 10.3. The van der Waals surface area contributed by atoms with Gasteiger partial charge in [-0.25, -0.2) is 0 Å². The maximum atomic E-state index is 13.3. The number of hydrogen-bond acceptors (Lipinski definition) is 5. The van der Waals surface area contributed by atoms with Gasteiger partial charge in [0.25, 0.3) is 5.91 Å². The van der Waals surface area contributed by atoms with Gasteiger partial charge in [-0.15, -0.1) is 10.2 Å². The van der Waals surface area contributed by atoms with E-state index in [0.29, 0.717) is 49.2 Å². The van der Waals surface area contributed by atoms with E-state index >= 15 is 0 Å². The Bertz CT molecular complexity index is 1220. The quantitative estimate of drug-likeness (QED) is 0.421. The van der Waals surface area contributed by atoms with E-state index in [2.05, 4.69) is 28.9 Å². The molecule has 1 aromatic heterocycles. The van der Waals surface area contributed by atoms with Crippen molar-refractivity contribution in [3.8, 4) is 11.3 Å². The molecule has 1 aliphatic rings. The average molecular weight is 520 g/mol. The Balaban J connectivity index is 1.37. The van der Waals surface area contributed by atoms with Crippen molar-refractivity contribution in [2.45, 2.75) is 27.2 Å². The fourth-order valence-electron chi connectivity index (χ4n) is 4.40. The number of anilines is 1. The lowest BCUT2D eigenvalue weighted by atomic mass is 10.1. The number of hydrogen-bond donors (Lipinski definition) is 0. The molecule has 0 radical (unpaired) electrons. The van der Waals surface area contributed by atoms with Crippen LogP contribution < -0.4 is 4.90 Å². The molecule has 0 spiro atoms. The summed E-state index contributed by atoms with van der Waals surface area (Å²) in [6.45, 7) is 9.29. The summed E-state index contributed by atoms with van der Waals surface area (Å²) in [6, 6.07) is 19.0. The molecule has 0 N–H and O–H groups in total. The molecule has 3 aromatic rings. The lowest BCUT2D eigenvalue weighted by Gasteiger charge is -2.36. The summed E-state index contributed by atoms with van der Waals surface area (Å²) < 4.78 is 0. The van der Waals surface area contributed by atoms with Crippen LogP contribution in [0.5, 0.6) is 0 Å². The van der Waals surface area contributed by atoms with E-state index in [0.717, 1.165) is 29.1 Å². The van der Waals surface area contributed by atoms with Gasteiger partial charge in [0.1, 0.15) is 6.54 Å². The normalized spacial score (nSPS) is 13.6. The number of aryl methyl sites for hydroxylation is 1. The first kappa shape index (κ1) is 26.6. The van der Waals surface area contributed by atoms with Crippen LogP contribution in [0.15, 0.2) is 60.7 Å². The maximum absolute atomic E-state index is 13.3. The first-order valence-electron chi connectivity index (χ1n) is 12.8. The standard InChI is InChI=1S/C29H34ClN5O2/c1-21(2)14-15-35(29(37)23-9-5-4-8-22(23)3)20-28(36)34-18-16-33(17-19-34)27-13-12-26(31-32-27)24-10-6-7-11-25(24)30/h4-13,21H,14-20H2,1-3H3. The van der Waals surface area contributed by atoms with Gasteiger partial charge in [-0.3, -0.25) is 9.59 Å². The third-order valence-electron chi connectivity index (χ3n) is 6.72. The zero-order chi connectivity index (χ0) is 26.4. The van der Waals surface area contributed by atoms with Crippen LogP contribution in [-0.4, -0.2) is 71.1 Å². The molecule has 0 bridgehead atoms. The van der Waals surface area contributed by atoms with Gasteiger partial charge in [0.2, 0.25) is 5.91 Å². The Morgan fingerprint density at radius 3 is 2.30 bits per heavy atom. The summed E-state index contributed by atoms with van der Waals surface area (Å²) in [5.41, 5.74) is 3.15. The minimum atomic E-state index is -0.0837. The van der Waals surface area contributed by atoms with Crippen molar-refractivity contribution in [3.05, 3.63) is 76.8 Å². The van der Waals surface area contributed by atoms with Crippen LogP contribution in [0, 0.1) is 12.8 Å². The molecule has 194 valence electrons. The van der Waals surface area contributed by atoms with Crippen LogP contribution in [0.4, 0.5) is 5.82 Å². The van der Waals surface area contributed by atoms with Crippen LogP contribution in [0.1, 0.15) is 36.2 Å². The second kappa shape index (κ2) is 12.2. The molecule has 2 amide bonds. The molecule has 0 atom stereocenters. The van der Waals surface area contributed by atoms with Crippen LogP contribution in [0.2, 0.25) is 5.02 Å². The second-order valence-electron chi connectivity index (χ2n) is 9.85. The van der Waals surface area contributed by atoms with E-state index in [1.807, 2.05) is 72.5 Å². The Morgan fingerprint density at radius 2 is 1.65 bits per heavy atom. The monoisotopic (exact) mass is 519 g/mol. The lowest BCUT2D eigenvalue weighted by molar-refractivity contribution is -0.132. The van der Waals surface area contributed by atoms with Crippen LogP contribution in [-0.2, 0) is 4.79 Å². The van der Waals surface area contributed by atoms with E-state index < -0.39 is 0 Å². The zero-order valence-corrected chi connectivity index (χ0v) is 22.5. The fraction of sp³-hybridized carbons (Fsp3) is 0.379. The molecule has 0 unspecified atom stereocenters. The van der Waals surface area contributed by atoms with Gasteiger partial charge < -0.3 is 14.7 Å². The third kappa shape index (κ3) is 6.66. The summed E-state index contributed by atoms with van der Waals surface area (Å²) in [7, 11) is 0. The summed E-state index contributed by atoms with van der Waals surface area (Å²) in [5.74, 6) is 1.11. The van der Waals surface area contributed by atoms with Crippen LogP contribution in [0.3, 0.4) is 0 Å². The molecule has 37 heavy (non-hydrogen) atoms. The molecule has 8 heteroatoms. The van der Waals surface area contributed by atoms with Gasteiger partial charge in [0.05, 0.1) is 10.7 Å². The van der Waals surface area contributed by atoms with E-state index in [9.17, 15) is 9.59 Å². The number of aromatic nitrogens is 2. The first-order chi connectivity index (χ1) is 17.8. The number of nitrogens with zero attached hydrogens (tertiary/aromatic N) is 5. The van der Waals surface area contributed by atoms with Crippen LogP contribution in [0.25, 0.3) is 11.3 Å². The van der Waals surface area contributed by atoms with Gasteiger partial charge in [0, 0.05) is 43.9 Å². The van der Waals surface area contributed by atoms with Crippen molar-refractivity contribution >= 4 is 29.2 Å². The number of piperazine rings is 1. The van der Waals surface area contributed by atoms with Gasteiger partial charge in [0.15, 0.2) is 5.82 Å². The molecule has 0 aliphatic carbocycles. The Labute approximate surface area is 224 Å². The molecule has 0 saturated carbocycles. The van der Waals surface area contributed by atoms with Crippen molar-refractivity contribution in [1.82, 2.24) is 20.0 Å². The number of carbonyl (C=O) groups excluding carboxylic acids is 2. The van der Waals surface area contributed by atoms with Crippen molar-refractivity contribution in [2.24, 2.45) is 5.92 Å². The minimum absolute atomic E-state index is 0.0227. The van der Waals surface area contributed by atoms with Gasteiger partial charge >= 0.3 is 0 Å². The Hall–Kier alpha value is -3.45. The van der Waals surface area contributed by atoms with Gasteiger partial charge in [-0.1, -0.05) is 61.8 Å². The highest BCUT2D eigenvalue weighted by atomic mass is 35.5. The highest BCUT2D eigenvalue weighted by molar-refractivity contribution is 6.33. The molecular weight excluding hydrogens is 486 g/mol. The van der Waals surface area contributed by atoms with Gasteiger partial charge in [-0.05, 0) is 49.1 Å². The summed E-state index contributed by atoms with van der Waals surface area (Å²) in [5, 5.41) is 9.41. The third-order valence-corrected chi connectivity index (χ3v) is 7.05. The van der Waals surface area contributed by atoms with Crippen molar-refractivity contribution in [2.75, 3.05) is 44.2 Å². The van der Waals surface area contributed by atoms with Crippen molar-refractivity contribution < 1.29 is 9.59 Å². The summed E-state index contributed by atoms with van der Waals surface area (Å²) in [4.78, 5) is 32.2. The topological polar surface area (TPSA) is 69.6 Å². The highest BCUT2D eigenvalue weighted by Crippen LogP contribution is 2.26. The largest absolute Gasteiger partial charge is 0.352 e. The predicted molar refractivity (Wildman–Crippen MR) is 148 cm³/mol. The number of amides is 2. The van der Waals surface area contributed by atoms with E-state index in [1.54, 1.807) is 4.90 Å². The Morgan fingerprint density at radius 1 is 0.946 bits per heavy atom. The molecule has 1 saturated heterocycles. The maximum Gasteiger partial charge on any atom is 0.254 e. The molecule has 7 nitrogen and oxygen atoms in total. The minimum Gasteiger partial charge on any atom is -0.352 e. The SMILES string of the molecule is Cc1ccccc1C(=O)N(CCC(C)C)CC(=O)N1CCN(c2ccc(-c3ccccc3Cl)nn2)CC1.